The van der Waals surface area contributed by atoms with Gasteiger partial charge in [-0.3, -0.25) is 0 Å². The van der Waals surface area contributed by atoms with Crippen LogP contribution in [0.15, 0.2) is 24.3 Å². The SMILES string of the molecule is CC1CCC(n2nnnc2-c2ccccc2N)C(C)C1. The molecule has 5 nitrogen and oxygen atoms in total. The van der Waals surface area contributed by atoms with Crippen LogP contribution in [0.4, 0.5) is 5.69 Å². The third-order valence-electron chi connectivity index (χ3n) is 4.39. The fourth-order valence-corrected chi connectivity index (χ4v) is 3.31. The van der Waals surface area contributed by atoms with Crippen LogP contribution in [0.3, 0.4) is 0 Å². The molecule has 3 rings (SSSR count). The molecule has 106 valence electrons. The molecule has 1 fully saturated rings. The molecule has 0 aliphatic heterocycles. The van der Waals surface area contributed by atoms with Crippen molar-refractivity contribution in [3.63, 3.8) is 0 Å². The zero-order chi connectivity index (χ0) is 14.1. The van der Waals surface area contributed by atoms with Crippen LogP contribution in [0.1, 0.15) is 39.2 Å². The van der Waals surface area contributed by atoms with E-state index in [1.807, 2.05) is 28.9 Å². The third-order valence-corrected chi connectivity index (χ3v) is 4.39. The first-order chi connectivity index (χ1) is 9.66. The van der Waals surface area contributed by atoms with E-state index in [0.29, 0.717) is 12.0 Å². The maximum Gasteiger partial charge on any atom is 0.184 e. The molecule has 2 N–H and O–H groups in total. The van der Waals surface area contributed by atoms with Gasteiger partial charge < -0.3 is 5.73 Å². The van der Waals surface area contributed by atoms with Gasteiger partial charge in [-0.05, 0) is 53.7 Å². The fourth-order valence-electron chi connectivity index (χ4n) is 3.31. The molecular weight excluding hydrogens is 250 g/mol. The van der Waals surface area contributed by atoms with E-state index in [4.69, 9.17) is 5.73 Å². The van der Waals surface area contributed by atoms with Crippen LogP contribution in [-0.2, 0) is 0 Å². The summed E-state index contributed by atoms with van der Waals surface area (Å²) < 4.78 is 1.97. The number of nitrogens with zero attached hydrogens (tertiary/aromatic N) is 4. The van der Waals surface area contributed by atoms with Gasteiger partial charge in [-0.2, -0.15) is 0 Å². The van der Waals surface area contributed by atoms with Crippen LogP contribution in [0, 0.1) is 11.8 Å². The van der Waals surface area contributed by atoms with Gasteiger partial charge in [0, 0.05) is 11.3 Å². The standard InChI is InChI=1S/C15H21N5/c1-10-7-8-14(11(2)9-10)20-15(17-18-19-20)12-5-3-4-6-13(12)16/h3-6,10-11,14H,7-9,16H2,1-2H3. The molecule has 0 radical (unpaired) electrons. The van der Waals surface area contributed by atoms with Gasteiger partial charge in [0.2, 0.25) is 0 Å². The van der Waals surface area contributed by atoms with Gasteiger partial charge in [-0.15, -0.1) is 5.10 Å². The average Bonchev–Trinajstić information content (AvgIpc) is 2.88. The normalized spacial score (nSPS) is 26.6. The lowest BCUT2D eigenvalue weighted by Gasteiger charge is -2.32. The molecule has 2 aromatic rings. The largest absolute Gasteiger partial charge is 0.398 e. The lowest BCUT2D eigenvalue weighted by Crippen LogP contribution is -2.26. The number of hydrogen-bond acceptors (Lipinski definition) is 4. The predicted molar refractivity (Wildman–Crippen MR) is 78.9 cm³/mol. The summed E-state index contributed by atoms with van der Waals surface area (Å²) >= 11 is 0. The Balaban J connectivity index is 1.97. The quantitative estimate of drug-likeness (QED) is 0.853. The molecule has 0 amide bonds. The molecule has 0 saturated heterocycles. The van der Waals surface area contributed by atoms with Crippen molar-refractivity contribution in [1.29, 1.82) is 0 Å². The second kappa shape index (κ2) is 5.23. The first-order valence-electron chi connectivity index (χ1n) is 7.29. The van der Waals surface area contributed by atoms with Crippen LogP contribution in [0.5, 0.6) is 0 Å². The van der Waals surface area contributed by atoms with E-state index in [1.54, 1.807) is 0 Å². The maximum absolute atomic E-state index is 6.06. The van der Waals surface area contributed by atoms with Gasteiger partial charge in [-0.1, -0.05) is 26.0 Å². The highest BCUT2D eigenvalue weighted by Crippen LogP contribution is 2.38. The molecule has 0 spiro atoms. The minimum Gasteiger partial charge on any atom is -0.398 e. The van der Waals surface area contributed by atoms with Crippen LogP contribution in [0.25, 0.3) is 11.4 Å². The number of nitrogen functional groups attached to an aromatic ring is 1. The first kappa shape index (κ1) is 13.1. The summed E-state index contributed by atoms with van der Waals surface area (Å²) in [5, 5.41) is 12.3. The lowest BCUT2D eigenvalue weighted by atomic mass is 9.80. The molecule has 3 atom stereocenters. The first-order valence-corrected chi connectivity index (χ1v) is 7.29. The van der Waals surface area contributed by atoms with Gasteiger partial charge >= 0.3 is 0 Å². The lowest BCUT2D eigenvalue weighted by molar-refractivity contribution is 0.194. The summed E-state index contributed by atoms with van der Waals surface area (Å²) in [7, 11) is 0. The molecule has 1 aromatic heterocycles. The minimum absolute atomic E-state index is 0.371. The molecule has 20 heavy (non-hydrogen) atoms. The van der Waals surface area contributed by atoms with Crippen molar-refractivity contribution in [3.05, 3.63) is 24.3 Å². The van der Waals surface area contributed by atoms with Crippen molar-refractivity contribution in [2.24, 2.45) is 11.8 Å². The Morgan fingerprint density at radius 3 is 2.75 bits per heavy atom. The summed E-state index contributed by atoms with van der Waals surface area (Å²) in [6.07, 6.45) is 3.60. The van der Waals surface area contributed by atoms with Gasteiger partial charge in [0.05, 0.1) is 6.04 Å². The number of anilines is 1. The van der Waals surface area contributed by atoms with E-state index in [9.17, 15) is 0 Å². The summed E-state index contributed by atoms with van der Waals surface area (Å²) in [5.74, 6) is 2.17. The Kier molecular flexibility index (Phi) is 3.42. The molecule has 0 bridgehead atoms. The number of tetrazole rings is 1. The van der Waals surface area contributed by atoms with E-state index >= 15 is 0 Å². The summed E-state index contributed by atoms with van der Waals surface area (Å²) in [6, 6.07) is 8.14. The molecule has 1 aliphatic carbocycles. The van der Waals surface area contributed by atoms with Crippen molar-refractivity contribution < 1.29 is 0 Å². The Hall–Kier alpha value is -1.91. The Morgan fingerprint density at radius 1 is 1.20 bits per heavy atom. The highest BCUT2D eigenvalue weighted by molar-refractivity contribution is 5.71. The number of rotatable bonds is 2. The average molecular weight is 271 g/mol. The Labute approximate surface area is 119 Å². The second-order valence-corrected chi connectivity index (χ2v) is 6.00. The summed E-state index contributed by atoms with van der Waals surface area (Å²) in [5.41, 5.74) is 7.70. The minimum atomic E-state index is 0.371. The molecule has 5 heteroatoms. The zero-order valence-electron chi connectivity index (χ0n) is 12.0. The van der Waals surface area contributed by atoms with Gasteiger partial charge in [0.15, 0.2) is 5.82 Å². The van der Waals surface area contributed by atoms with Crippen LogP contribution < -0.4 is 5.73 Å². The Bertz CT molecular complexity index is 591. The molecule has 1 aromatic carbocycles. The second-order valence-electron chi connectivity index (χ2n) is 6.00. The molecule has 1 saturated carbocycles. The van der Waals surface area contributed by atoms with Crippen LogP contribution in [-0.4, -0.2) is 20.2 Å². The highest BCUT2D eigenvalue weighted by Gasteiger charge is 2.29. The number of aromatic nitrogens is 4. The fraction of sp³-hybridized carbons (Fsp3) is 0.533. The third kappa shape index (κ3) is 2.28. The zero-order valence-corrected chi connectivity index (χ0v) is 12.0. The molecule has 3 unspecified atom stereocenters. The highest BCUT2D eigenvalue weighted by atomic mass is 15.6. The smallest absolute Gasteiger partial charge is 0.184 e. The van der Waals surface area contributed by atoms with E-state index < -0.39 is 0 Å². The van der Waals surface area contributed by atoms with Gasteiger partial charge in [0.1, 0.15) is 0 Å². The Morgan fingerprint density at radius 2 is 2.00 bits per heavy atom. The van der Waals surface area contributed by atoms with Crippen LogP contribution in [0.2, 0.25) is 0 Å². The van der Waals surface area contributed by atoms with E-state index in [1.165, 1.54) is 12.8 Å². The van der Waals surface area contributed by atoms with Gasteiger partial charge in [0.25, 0.3) is 0 Å². The summed E-state index contributed by atoms with van der Waals surface area (Å²) in [4.78, 5) is 0. The number of nitrogens with two attached hydrogens (primary N) is 1. The molecular formula is C15H21N5. The van der Waals surface area contributed by atoms with E-state index in [2.05, 4.69) is 29.4 Å². The van der Waals surface area contributed by atoms with Gasteiger partial charge in [-0.25, -0.2) is 4.68 Å². The summed E-state index contributed by atoms with van der Waals surface area (Å²) in [6.45, 7) is 4.61. The molecule has 1 aliphatic rings. The van der Waals surface area contributed by atoms with Crippen LogP contribution >= 0.6 is 0 Å². The number of hydrogen-bond donors (Lipinski definition) is 1. The van der Waals surface area contributed by atoms with Crippen molar-refractivity contribution in [2.45, 2.75) is 39.2 Å². The molecule has 1 heterocycles. The maximum atomic E-state index is 6.06. The topological polar surface area (TPSA) is 69.6 Å². The number of benzene rings is 1. The van der Waals surface area contributed by atoms with Crippen molar-refractivity contribution in [3.8, 4) is 11.4 Å². The van der Waals surface area contributed by atoms with Crippen molar-refractivity contribution in [2.75, 3.05) is 5.73 Å². The van der Waals surface area contributed by atoms with Crippen molar-refractivity contribution >= 4 is 5.69 Å². The monoisotopic (exact) mass is 271 g/mol. The van der Waals surface area contributed by atoms with E-state index in [-0.39, 0.29) is 0 Å². The predicted octanol–water partition coefficient (Wildman–Crippen LogP) is 2.92. The van der Waals surface area contributed by atoms with E-state index in [0.717, 1.165) is 29.4 Å². The van der Waals surface area contributed by atoms with Crippen molar-refractivity contribution in [1.82, 2.24) is 20.2 Å². The number of para-hydroxylation sites is 1.